The SMILES string of the molecule is C[Si](C)=[Zr+2].[Cl-].[Cl-].c1ccc2c(-c3ccc(-c4c5ccccc5cc5ccccc45)c4[cH-]c(CC5CCCCC5)cc34)c3ccccc3cc2c1.c1ccc2c(-c3ccc(-c4c5ccccc5cc5ccccc45)c4[cH-]c(CC5CCCCC5)cc34)c3ccccc3cc2c1. The predicted molar refractivity (Wildman–Crippen MR) is 399 cm³/mol. The van der Waals surface area contributed by atoms with Crippen LogP contribution in [0.15, 0.2) is 267 Å². The third-order valence-electron chi connectivity index (χ3n) is 20.6. The summed E-state index contributed by atoms with van der Waals surface area (Å²) in [6, 6.07) is 101. The average Bonchev–Trinajstić information content (AvgIpc) is 1.31. The standard InChI is InChI=1S/2C44H35.C2H6Si.2ClH.Zr/c2*1-2-12-29(13-3-1)24-30-25-41-39(43-35-18-8-4-14-31(35)27-32-15-5-9-19-36(32)43)22-23-40(42(41)26-30)44-37-20-10-6-16-33(37)28-34-17-7-11-21-38(34)44;1-3-2;;;/h2*4-11,14-23,25-29H,1-3,12-13,24H2;1-2H3;2*1H;/q2*-1;;;;+2/p-2. The Labute approximate surface area is 581 Å². The summed E-state index contributed by atoms with van der Waals surface area (Å²) in [4.78, 5) is 0. The topological polar surface area (TPSA) is 0 Å². The second-order valence-corrected chi connectivity index (χ2v) is 36.3. The molecule has 0 aromatic heterocycles. The Morgan fingerprint density at radius 3 is 0.745 bits per heavy atom. The third-order valence-corrected chi connectivity index (χ3v) is 20.6. The zero-order chi connectivity index (χ0) is 61.7. The van der Waals surface area contributed by atoms with Gasteiger partial charge in [0.25, 0.3) is 0 Å². The summed E-state index contributed by atoms with van der Waals surface area (Å²) in [7, 11) is 0. The van der Waals surface area contributed by atoms with Crippen molar-refractivity contribution in [1.29, 1.82) is 0 Å². The first-order chi connectivity index (χ1) is 45.4. The van der Waals surface area contributed by atoms with E-state index in [0.717, 1.165) is 11.8 Å². The molecule has 0 amide bonds. The van der Waals surface area contributed by atoms with Gasteiger partial charge in [-0.05, 0) is 157 Å². The van der Waals surface area contributed by atoms with E-state index in [9.17, 15) is 0 Å². The maximum Gasteiger partial charge on any atom is -0.0107 e. The van der Waals surface area contributed by atoms with Crippen LogP contribution in [0, 0.1) is 11.8 Å². The number of benzene rings is 14. The number of fused-ring (bicyclic) bond motifs is 10. The Bertz CT molecular complexity index is 4630. The van der Waals surface area contributed by atoms with Crippen LogP contribution >= 0.6 is 0 Å². The van der Waals surface area contributed by atoms with Crippen LogP contribution in [0.4, 0.5) is 0 Å². The fourth-order valence-corrected chi connectivity index (χ4v) is 16.5. The molecule has 0 N–H and O–H groups in total. The van der Waals surface area contributed by atoms with E-state index in [2.05, 4.69) is 280 Å². The molecule has 0 spiro atoms. The number of halogens is 2. The molecule has 16 aromatic rings. The maximum atomic E-state index is 2.55. The maximum absolute atomic E-state index is 2.55. The molecule has 460 valence electrons. The van der Waals surface area contributed by atoms with Gasteiger partial charge >= 0.3 is 41.9 Å². The van der Waals surface area contributed by atoms with E-state index in [0.29, 0.717) is 0 Å². The molecule has 0 bridgehead atoms. The Kier molecular flexibility index (Phi) is 18.8. The third kappa shape index (κ3) is 12.2. The molecule has 2 aliphatic rings. The van der Waals surface area contributed by atoms with E-state index in [1.54, 1.807) is 23.3 Å². The van der Waals surface area contributed by atoms with E-state index in [1.807, 2.05) is 0 Å². The van der Waals surface area contributed by atoms with E-state index in [-0.39, 0.29) is 30.2 Å². The normalized spacial score (nSPS) is 13.7. The molecule has 2 fully saturated rings. The van der Waals surface area contributed by atoms with E-state index in [4.69, 9.17) is 0 Å². The molecule has 0 saturated heterocycles. The van der Waals surface area contributed by atoms with Crippen molar-refractivity contribution in [2.45, 2.75) is 90.1 Å². The molecule has 16 aromatic carbocycles. The summed E-state index contributed by atoms with van der Waals surface area (Å²) in [6.45, 7) is 4.62. The fraction of sp³-hybridized carbons (Fsp3) is 0.178. The van der Waals surface area contributed by atoms with E-state index >= 15 is 0 Å². The van der Waals surface area contributed by atoms with Gasteiger partial charge in [-0.2, -0.15) is 12.1 Å². The Balaban J connectivity index is 0.000000151. The van der Waals surface area contributed by atoms with Gasteiger partial charge in [0.05, 0.1) is 0 Å². The molecular formula is C90H76Cl2SiZr-2. The molecule has 0 aliphatic heterocycles. The minimum absolute atomic E-state index is 0. The molecule has 18 rings (SSSR count). The largest absolute Gasteiger partial charge is 1.00 e. The molecule has 0 heterocycles. The zero-order valence-corrected chi connectivity index (χ0v) is 58.8. The van der Waals surface area contributed by atoms with Gasteiger partial charge < -0.3 is 24.8 Å². The van der Waals surface area contributed by atoms with Gasteiger partial charge in [-0.15, -0.1) is 44.8 Å². The van der Waals surface area contributed by atoms with Crippen LogP contribution in [0.5, 0.6) is 0 Å². The Morgan fingerprint density at radius 2 is 0.500 bits per heavy atom. The van der Waals surface area contributed by atoms with Crippen LogP contribution in [0.25, 0.3) is 152 Å². The molecule has 2 saturated carbocycles. The summed E-state index contributed by atoms with van der Waals surface area (Å²) >= 11 is 1.74. The van der Waals surface area contributed by atoms with Crippen molar-refractivity contribution in [3.8, 4) is 44.5 Å². The Morgan fingerprint density at radius 1 is 0.287 bits per heavy atom. The van der Waals surface area contributed by atoms with Crippen LogP contribution in [-0.4, -0.2) is 5.43 Å². The molecule has 0 nitrogen and oxygen atoms in total. The van der Waals surface area contributed by atoms with Gasteiger partial charge in [0.15, 0.2) is 0 Å². The second-order valence-electron chi connectivity index (χ2n) is 26.9. The van der Waals surface area contributed by atoms with Gasteiger partial charge in [0.1, 0.15) is 0 Å². The number of hydrogen-bond acceptors (Lipinski definition) is 0. The predicted octanol–water partition coefficient (Wildman–Crippen LogP) is 20.0. The monoisotopic (exact) mass is 1340 g/mol. The number of rotatable bonds is 8. The van der Waals surface area contributed by atoms with Crippen molar-refractivity contribution < 1.29 is 48.1 Å². The minimum Gasteiger partial charge on any atom is -1.00 e. The fourth-order valence-electron chi connectivity index (χ4n) is 16.5. The van der Waals surface area contributed by atoms with Crippen LogP contribution in [0.3, 0.4) is 0 Å². The van der Waals surface area contributed by atoms with Gasteiger partial charge in [-0.25, -0.2) is 0 Å². The molecular weight excluding hydrogens is 1270 g/mol. The summed E-state index contributed by atoms with van der Waals surface area (Å²) in [6.07, 6.45) is 16.1. The van der Waals surface area contributed by atoms with Crippen LogP contribution in [0.1, 0.15) is 75.3 Å². The van der Waals surface area contributed by atoms with Crippen molar-refractivity contribution >= 4 is 113 Å². The molecule has 0 atom stereocenters. The number of hydrogen-bond donors (Lipinski definition) is 0. The van der Waals surface area contributed by atoms with Crippen LogP contribution in [0.2, 0.25) is 13.1 Å². The molecule has 2 aliphatic carbocycles. The first kappa shape index (κ1) is 63.5. The minimum atomic E-state index is 0. The van der Waals surface area contributed by atoms with Gasteiger partial charge in [-0.3, -0.25) is 0 Å². The van der Waals surface area contributed by atoms with Crippen LogP contribution in [-0.2, 0) is 36.2 Å². The van der Waals surface area contributed by atoms with E-state index in [1.165, 1.54) is 240 Å². The van der Waals surface area contributed by atoms with Gasteiger partial charge in [0, 0.05) is 0 Å². The smallest absolute Gasteiger partial charge is 0.0107 e. The molecule has 0 unspecified atom stereocenters. The van der Waals surface area contributed by atoms with Crippen molar-refractivity contribution in [3.05, 3.63) is 278 Å². The summed E-state index contributed by atoms with van der Waals surface area (Å²) in [5.74, 6) is 1.59. The van der Waals surface area contributed by atoms with Gasteiger partial charge in [0.2, 0.25) is 0 Å². The summed E-state index contributed by atoms with van der Waals surface area (Å²) in [5, 5.41) is 26.5. The molecule has 94 heavy (non-hydrogen) atoms. The quantitative estimate of drug-likeness (QED) is 0.0808. The summed E-state index contributed by atoms with van der Waals surface area (Å²) < 4.78 is 0. The van der Waals surface area contributed by atoms with Crippen molar-refractivity contribution in [1.82, 2.24) is 0 Å². The first-order valence-electron chi connectivity index (χ1n) is 34.0. The van der Waals surface area contributed by atoms with Gasteiger partial charge in [-0.1, -0.05) is 305 Å². The first-order valence-corrected chi connectivity index (χ1v) is 40.2. The second kappa shape index (κ2) is 27.8. The van der Waals surface area contributed by atoms with E-state index < -0.39 is 0 Å². The Hall–Kier alpha value is -7.94. The molecule has 4 heteroatoms. The zero-order valence-electron chi connectivity index (χ0n) is 53.8. The van der Waals surface area contributed by atoms with Crippen molar-refractivity contribution in [2.24, 2.45) is 11.8 Å². The van der Waals surface area contributed by atoms with Crippen LogP contribution < -0.4 is 24.8 Å². The molecule has 0 radical (unpaired) electrons. The summed E-state index contributed by atoms with van der Waals surface area (Å²) in [5.41, 5.74) is 14.0. The van der Waals surface area contributed by atoms with Crippen molar-refractivity contribution in [2.75, 3.05) is 0 Å². The van der Waals surface area contributed by atoms with Crippen molar-refractivity contribution in [3.63, 3.8) is 0 Å². The average molecular weight is 1350 g/mol.